The lowest BCUT2D eigenvalue weighted by Crippen LogP contribution is -2.62. The molecular weight excluding hydrogens is 453 g/mol. The van der Waals surface area contributed by atoms with Crippen molar-refractivity contribution in [2.45, 2.75) is 89.3 Å². The third kappa shape index (κ3) is 5.54. The molecule has 0 saturated carbocycles. The zero-order chi connectivity index (χ0) is 23.5. The van der Waals surface area contributed by atoms with Crippen molar-refractivity contribution in [3.8, 4) is 0 Å². The number of halogens is 2. The van der Waals surface area contributed by atoms with Gasteiger partial charge in [0.25, 0.3) is 0 Å². The van der Waals surface area contributed by atoms with Crippen LogP contribution in [0.2, 0.25) is 0 Å². The van der Waals surface area contributed by atoms with Gasteiger partial charge < -0.3 is 20.7 Å². The summed E-state index contributed by atoms with van der Waals surface area (Å²) in [7, 11) is 0. The number of nitrogens with one attached hydrogen (secondary N) is 5. The van der Waals surface area contributed by atoms with Gasteiger partial charge in [-0.05, 0) is 81.7 Å². The molecule has 0 aromatic carbocycles. The van der Waals surface area contributed by atoms with Crippen LogP contribution in [0.25, 0.3) is 0 Å². The molecule has 3 aliphatic heterocycles. The second-order valence-corrected chi connectivity index (χ2v) is 10.6. The smallest absolute Gasteiger partial charge is 0.127 e. The Morgan fingerprint density at radius 2 is 2.06 bits per heavy atom. The summed E-state index contributed by atoms with van der Waals surface area (Å²) in [6.45, 7) is 4.73. The Labute approximate surface area is 207 Å². The molecule has 188 valence electrons. The average molecular weight is 492 g/mol. The van der Waals surface area contributed by atoms with Gasteiger partial charge in [-0.25, -0.2) is 4.39 Å². The maximum absolute atomic E-state index is 13.9. The van der Waals surface area contributed by atoms with Crippen LogP contribution in [0.15, 0.2) is 45.6 Å². The Hall–Kier alpha value is -1.38. The van der Waals surface area contributed by atoms with Gasteiger partial charge in [0, 0.05) is 37.7 Å². The molecule has 2 aliphatic carbocycles. The van der Waals surface area contributed by atoms with Crippen LogP contribution in [-0.2, 0) is 4.74 Å². The van der Waals surface area contributed by atoms with Gasteiger partial charge in [0.1, 0.15) is 18.2 Å². The average Bonchev–Trinajstić information content (AvgIpc) is 2.87. The molecule has 8 heteroatoms. The summed E-state index contributed by atoms with van der Waals surface area (Å²) >= 11 is 6.20. The molecule has 2 unspecified atom stereocenters. The molecule has 5 N–H and O–H groups in total. The van der Waals surface area contributed by atoms with Crippen LogP contribution in [0.1, 0.15) is 64.7 Å². The van der Waals surface area contributed by atoms with Gasteiger partial charge >= 0.3 is 0 Å². The fourth-order valence-electron chi connectivity index (χ4n) is 6.01. The molecule has 6 nitrogen and oxygen atoms in total. The monoisotopic (exact) mass is 491 g/mol. The molecule has 5 atom stereocenters. The van der Waals surface area contributed by atoms with E-state index in [-0.39, 0.29) is 30.4 Å². The Bertz CT molecular complexity index is 884. The molecule has 34 heavy (non-hydrogen) atoms. The van der Waals surface area contributed by atoms with Crippen molar-refractivity contribution in [3.63, 3.8) is 0 Å². The van der Waals surface area contributed by atoms with E-state index >= 15 is 0 Å². The van der Waals surface area contributed by atoms with E-state index in [0.717, 1.165) is 58.2 Å². The van der Waals surface area contributed by atoms with E-state index in [0.29, 0.717) is 23.8 Å². The van der Waals surface area contributed by atoms with E-state index in [9.17, 15) is 4.39 Å². The van der Waals surface area contributed by atoms with Gasteiger partial charge in [0.15, 0.2) is 0 Å². The highest BCUT2D eigenvalue weighted by atomic mass is 35.5. The first kappa shape index (κ1) is 24.3. The van der Waals surface area contributed by atoms with Gasteiger partial charge in [-0.3, -0.25) is 10.6 Å². The maximum Gasteiger partial charge on any atom is 0.127 e. The zero-order valence-electron chi connectivity index (χ0n) is 20.2. The molecule has 0 aromatic heterocycles. The standard InChI is InChI=1S/C26H39ClFN5O/c1-2-34-24-10-6-17(15-30-24)16-5-9-23-20(12-16)26(31-19-7-8-22(28)21(27)13-19)33-25(32-23)18-4-3-11-29-14-18/h4,15-16,19,24-26,29-33H,2-3,5-14H2,1H3/t16?,19-,24+,25?,26-/m0/s1. The molecule has 0 aromatic rings. The van der Waals surface area contributed by atoms with Crippen LogP contribution in [0.3, 0.4) is 0 Å². The van der Waals surface area contributed by atoms with Crippen molar-refractivity contribution < 1.29 is 9.13 Å². The Kier molecular flexibility index (Phi) is 7.96. The molecule has 3 heterocycles. The third-order valence-corrected chi connectivity index (χ3v) is 8.26. The van der Waals surface area contributed by atoms with Crippen molar-refractivity contribution in [2.24, 2.45) is 5.92 Å². The van der Waals surface area contributed by atoms with Gasteiger partial charge in [-0.1, -0.05) is 23.3 Å². The van der Waals surface area contributed by atoms with Crippen molar-refractivity contribution >= 4 is 11.6 Å². The fourth-order valence-corrected chi connectivity index (χ4v) is 6.29. The number of rotatable bonds is 6. The van der Waals surface area contributed by atoms with Crippen molar-refractivity contribution in [3.05, 3.63) is 45.6 Å². The number of hydrogen-bond donors (Lipinski definition) is 5. The first-order chi connectivity index (χ1) is 16.6. The number of allylic oxidation sites excluding steroid dienone is 3. The maximum atomic E-state index is 13.9. The summed E-state index contributed by atoms with van der Waals surface area (Å²) in [5.74, 6) is 0.398. The lowest BCUT2D eigenvalue weighted by atomic mass is 9.78. The van der Waals surface area contributed by atoms with Crippen molar-refractivity contribution in [2.75, 3.05) is 19.7 Å². The summed E-state index contributed by atoms with van der Waals surface area (Å²) in [4.78, 5) is 0. The minimum Gasteiger partial charge on any atom is -0.370 e. The number of ether oxygens (including phenoxy) is 1. The Morgan fingerprint density at radius 1 is 1.15 bits per heavy atom. The summed E-state index contributed by atoms with van der Waals surface area (Å²) in [6, 6.07) is 0.179. The second kappa shape index (κ2) is 11.1. The minimum absolute atomic E-state index is 0.0656. The van der Waals surface area contributed by atoms with Gasteiger partial charge in [-0.15, -0.1) is 0 Å². The summed E-state index contributed by atoms with van der Waals surface area (Å²) < 4.78 is 19.6. The Balaban J connectivity index is 1.33. The van der Waals surface area contributed by atoms with Crippen LogP contribution < -0.4 is 26.6 Å². The van der Waals surface area contributed by atoms with Crippen LogP contribution in [-0.4, -0.2) is 44.3 Å². The predicted octanol–water partition coefficient (Wildman–Crippen LogP) is 4.00. The molecule has 0 saturated heterocycles. The molecule has 5 rings (SSSR count). The Morgan fingerprint density at radius 3 is 2.79 bits per heavy atom. The molecule has 0 amide bonds. The quantitative estimate of drug-likeness (QED) is 0.362. The molecule has 0 fully saturated rings. The van der Waals surface area contributed by atoms with E-state index in [4.69, 9.17) is 16.3 Å². The largest absolute Gasteiger partial charge is 0.370 e. The molecule has 5 aliphatic rings. The second-order valence-electron chi connectivity index (χ2n) is 10.1. The highest BCUT2D eigenvalue weighted by Gasteiger charge is 2.36. The fraction of sp³-hybridized carbons (Fsp3) is 0.692. The van der Waals surface area contributed by atoms with Crippen molar-refractivity contribution in [1.29, 1.82) is 0 Å². The summed E-state index contributed by atoms with van der Waals surface area (Å²) in [5, 5.41) is 18.8. The van der Waals surface area contributed by atoms with E-state index in [1.54, 1.807) is 0 Å². The first-order valence-electron chi connectivity index (χ1n) is 13.1. The van der Waals surface area contributed by atoms with Crippen molar-refractivity contribution in [1.82, 2.24) is 26.6 Å². The first-order valence-corrected chi connectivity index (χ1v) is 13.5. The molecule has 0 bridgehead atoms. The van der Waals surface area contributed by atoms with Crippen LogP contribution in [0.5, 0.6) is 0 Å². The van der Waals surface area contributed by atoms with E-state index in [1.807, 2.05) is 6.92 Å². The summed E-state index contributed by atoms with van der Waals surface area (Å²) in [6.07, 6.45) is 13.1. The zero-order valence-corrected chi connectivity index (χ0v) is 20.9. The molecule has 0 radical (unpaired) electrons. The topological polar surface area (TPSA) is 69.4 Å². The summed E-state index contributed by atoms with van der Waals surface area (Å²) in [5.41, 5.74) is 5.69. The SMILES string of the molecule is CCO[C@@H]1CCC(C2CCC3=C(C2)[C@@H](N[C@H]2CCC(F)=C(Cl)C2)NC(C2=CCCNC2)N3)=CN1. The van der Waals surface area contributed by atoms with Crippen LogP contribution >= 0.6 is 11.6 Å². The highest BCUT2D eigenvalue weighted by molar-refractivity contribution is 6.29. The van der Waals surface area contributed by atoms with Crippen LogP contribution in [0.4, 0.5) is 4.39 Å². The predicted molar refractivity (Wildman–Crippen MR) is 134 cm³/mol. The van der Waals surface area contributed by atoms with Gasteiger partial charge in [0.2, 0.25) is 0 Å². The van der Waals surface area contributed by atoms with E-state index in [1.165, 1.54) is 28.8 Å². The van der Waals surface area contributed by atoms with E-state index < -0.39 is 0 Å². The van der Waals surface area contributed by atoms with Gasteiger partial charge in [0.05, 0.1) is 11.2 Å². The lowest BCUT2D eigenvalue weighted by Gasteiger charge is -2.44. The van der Waals surface area contributed by atoms with E-state index in [2.05, 4.69) is 38.9 Å². The minimum atomic E-state index is -0.144. The highest BCUT2D eigenvalue weighted by Crippen LogP contribution is 2.39. The van der Waals surface area contributed by atoms with Gasteiger partial charge in [-0.2, -0.15) is 0 Å². The molecular formula is C26H39ClFN5O. The number of hydrogen-bond acceptors (Lipinski definition) is 6. The normalized spacial score (nSPS) is 34.6. The lowest BCUT2D eigenvalue weighted by molar-refractivity contribution is 0.0374. The third-order valence-electron chi connectivity index (χ3n) is 7.90. The molecule has 0 spiro atoms. The van der Waals surface area contributed by atoms with Crippen LogP contribution in [0, 0.1) is 5.92 Å².